The maximum absolute atomic E-state index is 12.4. The first-order valence-electron chi connectivity index (χ1n) is 7.31. The van der Waals surface area contributed by atoms with Gasteiger partial charge in [-0.1, -0.05) is 18.2 Å². The quantitative estimate of drug-likeness (QED) is 0.571. The summed E-state index contributed by atoms with van der Waals surface area (Å²) < 4.78 is 10.6. The van der Waals surface area contributed by atoms with E-state index >= 15 is 0 Å². The molecule has 0 aliphatic carbocycles. The van der Waals surface area contributed by atoms with Gasteiger partial charge in [0.15, 0.2) is 11.5 Å². The second-order valence-electron chi connectivity index (χ2n) is 5.35. The van der Waals surface area contributed by atoms with Crippen molar-refractivity contribution in [3.8, 4) is 0 Å². The van der Waals surface area contributed by atoms with Gasteiger partial charge in [0.25, 0.3) is 5.91 Å². The molecule has 24 heavy (non-hydrogen) atoms. The molecule has 4 aromatic rings. The van der Waals surface area contributed by atoms with Crippen molar-refractivity contribution in [2.45, 2.75) is 6.92 Å². The van der Waals surface area contributed by atoms with Crippen LogP contribution in [0.3, 0.4) is 0 Å². The molecule has 2 aromatic heterocycles. The van der Waals surface area contributed by atoms with Gasteiger partial charge in [-0.3, -0.25) is 4.79 Å². The number of benzene rings is 2. The van der Waals surface area contributed by atoms with Crippen LogP contribution in [0.5, 0.6) is 0 Å². The third kappa shape index (κ3) is 2.44. The Morgan fingerprint density at radius 2 is 1.88 bits per heavy atom. The Labute approximate surface area is 135 Å². The summed E-state index contributed by atoms with van der Waals surface area (Å²) in [6.45, 7) is 1.75. The smallest absolute Gasteiger partial charge is 0.349 e. The van der Waals surface area contributed by atoms with Crippen molar-refractivity contribution in [2.24, 2.45) is 0 Å². The highest BCUT2D eigenvalue weighted by Crippen LogP contribution is 2.20. The highest BCUT2D eigenvalue weighted by molar-refractivity contribution is 6.06. The molecule has 2 heterocycles. The van der Waals surface area contributed by atoms with Crippen LogP contribution in [0.15, 0.2) is 62.2 Å². The van der Waals surface area contributed by atoms with Gasteiger partial charge in [-0.2, -0.15) is 0 Å². The number of para-hydroxylation sites is 1. The maximum Gasteiger partial charge on any atom is 0.349 e. The number of oxazole rings is 1. The topological polar surface area (TPSA) is 85.3 Å². The van der Waals surface area contributed by atoms with Gasteiger partial charge in [0, 0.05) is 18.0 Å². The van der Waals surface area contributed by atoms with Gasteiger partial charge in [-0.15, -0.1) is 0 Å². The van der Waals surface area contributed by atoms with Gasteiger partial charge in [-0.05, 0) is 30.3 Å². The van der Waals surface area contributed by atoms with Crippen molar-refractivity contribution < 1.29 is 13.6 Å². The molecule has 2 aromatic carbocycles. The molecular formula is C18H12N2O4. The van der Waals surface area contributed by atoms with Gasteiger partial charge in [-0.25, -0.2) is 9.78 Å². The first-order valence-corrected chi connectivity index (χ1v) is 7.31. The number of carbonyl (C=O) groups excluding carboxylic acids is 1. The fraction of sp³-hybridized carbons (Fsp3) is 0.0556. The van der Waals surface area contributed by atoms with Crippen LogP contribution in [0.2, 0.25) is 0 Å². The van der Waals surface area contributed by atoms with Crippen molar-refractivity contribution in [3.05, 3.63) is 70.4 Å². The van der Waals surface area contributed by atoms with Crippen molar-refractivity contribution >= 4 is 33.7 Å². The fourth-order valence-electron chi connectivity index (χ4n) is 2.54. The van der Waals surface area contributed by atoms with Gasteiger partial charge < -0.3 is 14.2 Å². The predicted molar refractivity (Wildman–Crippen MR) is 89.2 cm³/mol. The van der Waals surface area contributed by atoms with Crippen LogP contribution >= 0.6 is 0 Å². The number of nitrogens with zero attached hydrogens (tertiary/aromatic N) is 1. The van der Waals surface area contributed by atoms with Gasteiger partial charge in [0.05, 0.1) is 0 Å². The van der Waals surface area contributed by atoms with Crippen molar-refractivity contribution in [1.82, 2.24) is 4.98 Å². The van der Waals surface area contributed by atoms with Crippen LogP contribution in [-0.4, -0.2) is 10.9 Å². The zero-order chi connectivity index (χ0) is 16.7. The highest BCUT2D eigenvalue weighted by atomic mass is 16.4. The molecule has 0 aliphatic rings. The number of nitrogens with one attached hydrogen (secondary N) is 1. The van der Waals surface area contributed by atoms with E-state index in [1.807, 2.05) is 6.07 Å². The van der Waals surface area contributed by atoms with E-state index < -0.39 is 11.5 Å². The molecule has 0 radical (unpaired) electrons. The highest BCUT2D eigenvalue weighted by Gasteiger charge is 2.14. The molecule has 0 fully saturated rings. The molecule has 0 unspecified atom stereocenters. The molecule has 118 valence electrons. The van der Waals surface area contributed by atoms with E-state index in [1.165, 1.54) is 6.07 Å². The van der Waals surface area contributed by atoms with E-state index in [-0.39, 0.29) is 5.56 Å². The van der Waals surface area contributed by atoms with Gasteiger partial charge >= 0.3 is 5.63 Å². The number of fused-ring (bicyclic) bond motifs is 2. The molecule has 0 spiro atoms. The van der Waals surface area contributed by atoms with Crippen molar-refractivity contribution in [1.29, 1.82) is 0 Å². The molecule has 1 N–H and O–H groups in total. The third-order valence-electron chi connectivity index (χ3n) is 3.64. The lowest BCUT2D eigenvalue weighted by Gasteiger charge is -2.05. The van der Waals surface area contributed by atoms with Crippen LogP contribution in [0.1, 0.15) is 16.2 Å². The Bertz CT molecular complexity index is 1140. The summed E-state index contributed by atoms with van der Waals surface area (Å²) in [5.41, 5.74) is 1.51. The lowest BCUT2D eigenvalue weighted by molar-refractivity contribution is 0.102. The summed E-state index contributed by atoms with van der Waals surface area (Å²) in [5.74, 6) is 0.0118. The van der Waals surface area contributed by atoms with Crippen LogP contribution < -0.4 is 10.9 Å². The number of hydrogen-bond donors (Lipinski definition) is 1. The average molecular weight is 320 g/mol. The molecule has 0 saturated carbocycles. The number of aryl methyl sites for hydroxylation is 1. The second-order valence-corrected chi connectivity index (χ2v) is 5.35. The maximum atomic E-state index is 12.4. The Hall–Kier alpha value is -3.41. The average Bonchev–Trinajstić information content (AvgIpc) is 2.93. The van der Waals surface area contributed by atoms with E-state index in [4.69, 9.17) is 8.83 Å². The number of anilines is 1. The zero-order valence-electron chi connectivity index (χ0n) is 12.7. The van der Waals surface area contributed by atoms with Gasteiger partial charge in [0.1, 0.15) is 16.7 Å². The molecular weight excluding hydrogens is 308 g/mol. The summed E-state index contributed by atoms with van der Waals surface area (Å²) in [7, 11) is 0. The lowest BCUT2D eigenvalue weighted by Crippen LogP contribution is -2.20. The molecule has 6 nitrogen and oxygen atoms in total. The second kappa shape index (κ2) is 5.34. The first kappa shape index (κ1) is 14.2. The number of amides is 1. The van der Waals surface area contributed by atoms with E-state index in [1.54, 1.807) is 43.3 Å². The van der Waals surface area contributed by atoms with Crippen molar-refractivity contribution in [2.75, 3.05) is 5.32 Å². The standard InChI is InChI=1S/C18H12N2O4/c1-10-19-14-9-12(6-7-16(14)23-10)20-17(21)13-8-11-4-2-3-5-15(11)24-18(13)22/h2-9H,1H3,(H,20,21). The van der Waals surface area contributed by atoms with Crippen LogP contribution in [0.25, 0.3) is 22.1 Å². The Kier molecular flexibility index (Phi) is 3.16. The van der Waals surface area contributed by atoms with Crippen LogP contribution in [0, 0.1) is 6.92 Å². The SMILES string of the molecule is Cc1nc2cc(NC(=O)c3cc4ccccc4oc3=O)ccc2o1. The number of aromatic nitrogens is 1. The fourth-order valence-corrected chi connectivity index (χ4v) is 2.54. The monoisotopic (exact) mass is 320 g/mol. The van der Waals surface area contributed by atoms with E-state index in [0.717, 1.165) is 0 Å². The molecule has 6 heteroatoms. The molecule has 0 bridgehead atoms. The van der Waals surface area contributed by atoms with Gasteiger partial charge in [0.2, 0.25) is 0 Å². The number of carbonyl (C=O) groups is 1. The Morgan fingerprint density at radius 1 is 1.04 bits per heavy atom. The van der Waals surface area contributed by atoms with E-state index in [9.17, 15) is 9.59 Å². The summed E-state index contributed by atoms with van der Waals surface area (Å²) >= 11 is 0. The summed E-state index contributed by atoms with van der Waals surface area (Å²) in [5, 5.41) is 3.37. The van der Waals surface area contributed by atoms with Crippen molar-refractivity contribution in [3.63, 3.8) is 0 Å². The van der Waals surface area contributed by atoms with Crippen LogP contribution in [0.4, 0.5) is 5.69 Å². The minimum Gasteiger partial charge on any atom is -0.441 e. The zero-order valence-corrected chi connectivity index (χ0v) is 12.7. The largest absolute Gasteiger partial charge is 0.441 e. The molecule has 4 rings (SSSR count). The predicted octanol–water partition coefficient (Wildman–Crippen LogP) is 3.49. The minimum atomic E-state index is -0.676. The third-order valence-corrected chi connectivity index (χ3v) is 3.64. The summed E-state index contributed by atoms with van der Waals surface area (Å²) in [6, 6.07) is 13.6. The molecule has 0 atom stereocenters. The van der Waals surface area contributed by atoms with E-state index in [2.05, 4.69) is 10.3 Å². The Morgan fingerprint density at radius 3 is 2.75 bits per heavy atom. The molecule has 0 saturated heterocycles. The minimum absolute atomic E-state index is 0.0508. The summed E-state index contributed by atoms with van der Waals surface area (Å²) in [6.07, 6.45) is 0. The number of hydrogen-bond acceptors (Lipinski definition) is 5. The normalized spacial score (nSPS) is 11.0. The Balaban J connectivity index is 1.70. The van der Waals surface area contributed by atoms with Crippen LogP contribution in [-0.2, 0) is 0 Å². The lowest BCUT2D eigenvalue weighted by atomic mass is 10.1. The first-order chi connectivity index (χ1) is 11.6. The molecule has 1 amide bonds. The van der Waals surface area contributed by atoms with E-state index in [0.29, 0.717) is 33.6 Å². The summed E-state index contributed by atoms with van der Waals surface area (Å²) in [4.78, 5) is 28.6. The molecule has 0 aliphatic heterocycles. The number of rotatable bonds is 2.